The second-order valence-corrected chi connectivity index (χ2v) is 4.75. The van der Waals surface area contributed by atoms with Gasteiger partial charge in [0.05, 0.1) is 5.75 Å². The number of hydrogen-bond acceptors (Lipinski definition) is 3. The third kappa shape index (κ3) is 5.60. The molecule has 1 aromatic rings. The summed E-state index contributed by atoms with van der Waals surface area (Å²) in [5, 5.41) is 11.6. The molecule has 0 aliphatic carbocycles. The summed E-state index contributed by atoms with van der Waals surface area (Å²) in [5.74, 6) is -0.439. The van der Waals surface area contributed by atoms with Crippen LogP contribution in [0.2, 0.25) is 5.02 Å². The average Bonchev–Trinajstić information content (AvgIpc) is 2.28. The molecule has 1 aromatic carbocycles. The number of nitrogens with one attached hydrogen (secondary N) is 1. The fourth-order valence-corrected chi connectivity index (χ4v) is 1.88. The van der Waals surface area contributed by atoms with Crippen LogP contribution in [0.4, 0.5) is 0 Å². The summed E-state index contributed by atoms with van der Waals surface area (Å²) in [6.07, 6.45) is 0. The zero-order valence-electron chi connectivity index (χ0n) is 8.98. The molecule has 0 fully saturated rings. The van der Waals surface area contributed by atoms with Crippen LogP contribution < -0.4 is 5.32 Å². The normalized spacial score (nSPS) is 9.94. The van der Waals surface area contributed by atoms with Crippen LogP contribution in [0.1, 0.15) is 10.4 Å². The summed E-state index contributed by atoms with van der Waals surface area (Å²) in [7, 11) is 0. The molecule has 17 heavy (non-hydrogen) atoms. The number of hydrogen-bond donors (Lipinski definition) is 2. The number of carboxylic acids is 1. The van der Waals surface area contributed by atoms with Crippen molar-refractivity contribution >= 4 is 35.2 Å². The Morgan fingerprint density at radius 2 is 2.18 bits per heavy atom. The third-order valence-electron chi connectivity index (χ3n) is 1.84. The molecule has 0 aliphatic rings. The van der Waals surface area contributed by atoms with Crippen LogP contribution in [0.25, 0.3) is 0 Å². The largest absolute Gasteiger partial charge is 0.481 e. The SMILES string of the molecule is O=C(O)CSCCNC(=O)c1cccc(Cl)c1. The number of amides is 1. The van der Waals surface area contributed by atoms with E-state index in [1.807, 2.05) is 0 Å². The van der Waals surface area contributed by atoms with Gasteiger partial charge in [0.25, 0.3) is 5.91 Å². The molecule has 1 amide bonds. The van der Waals surface area contributed by atoms with Gasteiger partial charge in [0.2, 0.25) is 0 Å². The Morgan fingerprint density at radius 3 is 2.82 bits per heavy atom. The van der Waals surface area contributed by atoms with Crippen LogP contribution >= 0.6 is 23.4 Å². The van der Waals surface area contributed by atoms with E-state index in [9.17, 15) is 9.59 Å². The lowest BCUT2D eigenvalue weighted by Crippen LogP contribution is -2.25. The molecule has 0 aromatic heterocycles. The summed E-state index contributed by atoms with van der Waals surface area (Å²) in [6.45, 7) is 0.434. The van der Waals surface area contributed by atoms with Crippen LogP contribution in [-0.2, 0) is 4.79 Å². The fourth-order valence-electron chi connectivity index (χ4n) is 1.13. The van der Waals surface area contributed by atoms with Crippen molar-refractivity contribution in [3.05, 3.63) is 34.9 Å². The molecule has 0 radical (unpaired) electrons. The van der Waals surface area contributed by atoms with E-state index in [1.165, 1.54) is 11.8 Å². The highest BCUT2D eigenvalue weighted by molar-refractivity contribution is 7.99. The zero-order chi connectivity index (χ0) is 12.7. The van der Waals surface area contributed by atoms with Crippen LogP contribution in [0.15, 0.2) is 24.3 Å². The quantitative estimate of drug-likeness (QED) is 0.777. The van der Waals surface area contributed by atoms with Gasteiger partial charge in [-0.25, -0.2) is 0 Å². The van der Waals surface area contributed by atoms with Crippen LogP contribution in [-0.4, -0.2) is 35.0 Å². The van der Waals surface area contributed by atoms with Gasteiger partial charge in [-0.2, -0.15) is 0 Å². The van der Waals surface area contributed by atoms with E-state index in [0.717, 1.165) is 0 Å². The van der Waals surface area contributed by atoms with E-state index in [-0.39, 0.29) is 11.7 Å². The number of halogens is 1. The fraction of sp³-hybridized carbons (Fsp3) is 0.273. The predicted octanol–water partition coefficient (Wildman–Crippen LogP) is 1.89. The van der Waals surface area contributed by atoms with Crippen molar-refractivity contribution in [1.29, 1.82) is 0 Å². The first kappa shape index (κ1) is 13.9. The lowest BCUT2D eigenvalue weighted by atomic mass is 10.2. The molecule has 0 bridgehead atoms. The topological polar surface area (TPSA) is 66.4 Å². The molecule has 0 aliphatic heterocycles. The Labute approximate surface area is 108 Å². The molecule has 0 heterocycles. The van der Waals surface area contributed by atoms with E-state index in [0.29, 0.717) is 22.9 Å². The monoisotopic (exact) mass is 273 g/mol. The maximum Gasteiger partial charge on any atom is 0.313 e. The molecule has 4 nitrogen and oxygen atoms in total. The summed E-state index contributed by atoms with van der Waals surface area (Å²) in [4.78, 5) is 21.8. The van der Waals surface area contributed by atoms with Gasteiger partial charge in [0, 0.05) is 22.9 Å². The second kappa shape index (κ2) is 7.19. The molecule has 92 valence electrons. The van der Waals surface area contributed by atoms with Crippen molar-refractivity contribution < 1.29 is 14.7 Å². The Kier molecular flexibility index (Phi) is 5.86. The number of thioether (sulfide) groups is 1. The minimum atomic E-state index is -0.851. The van der Waals surface area contributed by atoms with Gasteiger partial charge in [0.15, 0.2) is 0 Å². The summed E-state index contributed by atoms with van der Waals surface area (Å²) >= 11 is 7.02. The molecule has 0 saturated carbocycles. The second-order valence-electron chi connectivity index (χ2n) is 3.21. The highest BCUT2D eigenvalue weighted by atomic mass is 35.5. The van der Waals surface area contributed by atoms with Crippen molar-refractivity contribution in [3.63, 3.8) is 0 Å². The van der Waals surface area contributed by atoms with E-state index in [2.05, 4.69) is 5.32 Å². The highest BCUT2D eigenvalue weighted by Gasteiger charge is 2.05. The molecular formula is C11H12ClNO3S. The Bertz CT molecular complexity index is 411. The van der Waals surface area contributed by atoms with Gasteiger partial charge >= 0.3 is 5.97 Å². The van der Waals surface area contributed by atoms with Gasteiger partial charge in [-0.1, -0.05) is 17.7 Å². The van der Waals surface area contributed by atoms with E-state index < -0.39 is 5.97 Å². The van der Waals surface area contributed by atoms with Gasteiger partial charge in [-0.3, -0.25) is 9.59 Å². The Balaban J connectivity index is 2.28. The van der Waals surface area contributed by atoms with Crippen molar-refractivity contribution in [2.24, 2.45) is 0 Å². The number of benzene rings is 1. The maximum absolute atomic E-state index is 11.6. The summed E-state index contributed by atoms with van der Waals surface area (Å²) in [5.41, 5.74) is 0.501. The highest BCUT2D eigenvalue weighted by Crippen LogP contribution is 2.10. The lowest BCUT2D eigenvalue weighted by molar-refractivity contribution is -0.133. The van der Waals surface area contributed by atoms with Crippen molar-refractivity contribution in [2.45, 2.75) is 0 Å². The van der Waals surface area contributed by atoms with Crippen LogP contribution in [0.3, 0.4) is 0 Å². The van der Waals surface area contributed by atoms with Crippen molar-refractivity contribution in [3.8, 4) is 0 Å². The number of carbonyl (C=O) groups is 2. The Hall–Kier alpha value is -1.20. The first-order valence-corrected chi connectivity index (χ1v) is 6.46. The van der Waals surface area contributed by atoms with Crippen LogP contribution in [0.5, 0.6) is 0 Å². The minimum absolute atomic E-state index is 0.0486. The zero-order valence-corrected chi connectivity index (χ0v) is 10.6. The molecule has 0 saturated heterocycles. The van der Waals surface area contributed by atoms with Crippen LogP contribution in [0, 0.1) is 0 Å². The molecule has 0 unspecified atom stereocenters. The first-order valence-electron chi connectivity index (χ1n) is 4.93. The predicted molar refractivity (Wildman–Crippen MR) is 68.7 cm³/mol. The van der Waals surface area contributed by atoms with Gasteiger partial charge in [0.1, 0.15) is 0 Å². The molecule has 2 N–H and O–H groups in total. The maximum atomic E-state index is 11.6. The molecule has 6 heteroatoms. The minimum Gasteiger partial charge on any atom is -0.481 e. The standard InChI is InChI=1S/C11H12ClNO3S/c12-9-3-1-2-8(6-9)11(16)13-4-5-17-7-10(14)15/h1-3,6H,4-5,7H2,(H,13,16)(H,14,15). The molecule has 0 spiro atoms. The van der Waals surface area contributed by atoms with E-state index >= 15 is 0 Å². The molecular weight excluding hydrogens is 262 g/mol. The number of carboxylic acid groups (broad SMARTS) is 1. The summed E-state index contributed by atoms with van der Waals surface area (Å²) < 4.78 is 0. The average molecular weight is 274 g/mol. The van der Waals surface area contributed by atoms with Gasteiger partial charge in [-0.15, -0.1) is 11.8 Å². The Morgan fingerprint density at radius 1 is 1.41 bits per heavy atom. The smallest absolute Gasteiger partial charge is 0.313 e. The lowest BCUT2D eigenvalue weighted by Gasteiger charge is -2.04. The van der Waals surface area contributed by atoms with Crippen molar-refractivity contribution in [2.75, 3.05) is 18.1 Å². The molecule has 1 rings (SSSR count). The van der Waals surface area contributed by atoms with E-state index in [4.69, 9.17) is 16.7 Å². The number of carbonyl (C=O) groups excluding carboxylic acids is 1. The van der Waals surface area contributed by atoms with Gasteiger partial charge in [-0.05, 0) is 18.2 Å². The third-order valence-corrected chi connectivity index (χ3v) is 3.02. The van der Waals surface area contributed by atoms with Crippen molar-refractivity contribution in [1.82, 2.24) is 5.32 Å². The molecule has 0 atom stereocenters. The van der Waals surface area contributed by atoms with E-state index in [1.54, 1.807) is 24.3 Å². The first-order chi connectivity index (χ1) is 8.09. The van der Waals surface area contributed by atoms with Gasteiger partial charge < -0.3 is 10.4 Å². The summed E-state index contributed by atoms with van der Waals surface area (Å²) in [6, 6.07) is 6.66. The number of aliphatic carboxylic acids is 1. The number of rotatable bonds is 6.